The molecule has 4 nitrogen and oxygen atoms in total. The lowest BCUT2D eigenvalue weighted by atomic mass is 10.0. The second kappa shape index (κ2) is 5.59. The molecule has 1 aliphatic rings. The van der Waals surface area contributed by atoms with Gasteiger partial charge in [0.2, 0.25) is 0 Å². The SMILES string of the molecule is Nc1cc(Cl)cc(C(=O)NC2CCCC2CO)c1. The molecule has 1 saturated carbocycles. The van der Waals surface area contributed by atoms with Gasteiger partial charge in [-0.1, -0.05) is 18.0 Å². The molecule has 1 aromatic carbocycles. The van der Waals surface area contributed by atoms with Gasteiger partial charge in [-0.3, -0.25) is 4.79 Å². The molecule has 1 amide bonds. The highest BCUT2D eigenvalue weighted by Gasteiger charge is 2.28. The average molecular weight is 269 g/mol. The zero-order valence-electron chi connectivity index (χ0n) is 10.0. The summed E-state index contributed by atoms with van der Waals surface area (Å²) in [6.45, 7) is 0.114. The lowest BCUT2D eigenvalue weighted by Gasteiger charge is -2.19. The zero-order chi connectivity index (χ0) is 13.1. The van der Waals surface area contributed by atoms with Gasteiger partial charge in [-0.25, -0.2) is 0 Å². The van der Waals surface area contributed by atoms with Gasteiger partial charge in [0.25, 0.3) is 5.91 Å². The minimum Gasteiger partial charge on any atom is -0.399 e. The summed E-state index contributed by atoms with van der Waals surface area (Å²) < 4.78 is 0. The van der Waals surface area contributed by atoms with Crippen molar-refractivity contribution in [2.45, 2.75) is 25.3 Å². The summed E-state index contributed by atoms with van der Waals surface area (Å²) in [7, 11) is 0. The molecule has 1 fully saturated rings. The van der Waals surface area contributed by atoms with Crippen LogP contribution in [0, 0.1) is 5.92 Å². The number of anilines is 1. The van der Waals surface area contributed by atoms with Crippen LogP contribution in [0.3, 0.4) is 0 Å². The Bertz CT molecular complexity index is 430. The van der Waals surface area contributed by atoms with Crippen LogP contribution in [0.25, 0.3) is 0 Å². The van der Waals surface area contributed by atoms with E-state index in [1.165, 1.54) is 0 Å². The van der Waals surface area contributed by atoms with E-state index in [0.29, 0.717) is 16.3 Å². The van der Waals surface area contributed by atoms with Crippen LogP contribution < -0.4 is 11.1 Å². The highest BCUT2D eigenvalue weighted by molar-refractivity contribution is 6.31. The third-order valence-corrected chi connectivity index (χ3v) is 3.61. The maximum Gasteiger partial charge on any atom is 0.251 e. The summed E-state index contributed by atoms with van der Waals surface area (Å²) in [6.07, 6.45) is 2.90. The maximum atomic E-state index is 12.1. The molecule has 0 heterocycles. The number of rotatable bonds is 3. The Balaban J connectivity index is 2.07. The second-order valence-corrected chi connectivity index (χ2v) is 5.16. The van der Waals surface area contributed by atoms with Crippen LogP contribution in [0.2, 0.25) is 5.02 Å². The van der Waals surface area contributed by atoms with E-state index in [2.05, 4.69) is 5.32 Å². The van der Waals surface area contributed by atoms with E-state index in [0.717, 1.165) is 19.3 Å². The van der Waals surface area contributed by atoms with E-state index < -0.39 is 0 Å². The first-order valence-corrected chi connectivity index (χ1v) is 6.45. The molecule has 4 N–H and O–H groups in total. The third kappa shape index (κ3) is 2.94. The minimum absolute atomic E-state index is 0.0442. The van der Waals surface area contributed by atoms with Crippen LogP contribution >= 0.6 is 11.6 Å². The van der Waals surface area contributed by atoms with Crippen molar-refractivity contribution in [2.24, 2.45) is 5.92 Å². The van der Waals surface area contributed by atoms with Gasteiger partial charge in [-0.2, -0.15) is 0 Å². The fourth-order valence-corrected chi connectivity index (χ4v) is 2.68. The van der Waals surface area contributed by atoms with E-state index >= 15 is 0 Å². The number of hydrogen-bond acceptors (Lipinski definition) is 3. The van der Waals surface area contributed by atoms with Crippen LogP contribution in [0.5, 0.6) is 0 Å². The molecule has 2 unspecified atom stereocenters. The molecule has 18 heavy (non-hydrogen) atoms. The summed E-state index contributed by atoms with van der Waals surface area (Å²) in [6, 6.07) is 4.84. The predicted octanol–water partition coefficient (Wildman–Crippen LogP) is 1.81. The fourth-order valence-electron chi connectivity index (χ4n) is 2.44. The number of benzene rings is 1. The number of hydrogen-bond donors (Lipinski definition) is 3. The van der Waals surface area contributed by atoms with Crippen LogP contribution in [0.4, 0.5) is 5.69 Å². The maximum absolute atomic E-state index is 12.1. The van der Waals surface area contributed by atoms with Gasteiger partial charge in [-0.05, 0) is 31.0 Å². The standard InChI is InChI=1S/C13H17ClN2O2/c14-10-4-9(5-11(15)6-10)13(18)16-12-3-1-2-8(12)7-17/h4-6,8,12,17H,1-3,7,15H2,(H,16,18). The van der Waals surface area contributed by atoms with Gasteiger partial charge in [0.1, 0.15) is 0 Å². The van der Waals surface area contributed by atoms with Crippen molar-refractivity contribution in [3.63, 3.8) is 0 Å². The number of aliphatic hydroxyl groups is 1. The molecule has 0 aliphatic heterocycles. The van der Waals surface area contributed by atoms with Crippen molar-refractivity contribution in [1.29, 1.82) is 0 Å². The minimum atomic E-state index is -0.186. The van der Waals surface area contributed by atoms with Gasteiger partial charge in [0.05, 0.1) is 0 Å². The Morgan fingerprint density at radius 2 is 2.22 bits per heavy atom. The molecule has 98 valence electrons. The Kier molecular flexibility index (Phi) is 4.09. The van der Waals surface area contributed by atoms with Crippen LogP contribution in [-0.2, 0) is 0 Å². The van der Waals surface area contributed by atoms with Crippen LogP contribution in [-0.4, -0.2) is 23.7 Å². The van der Waals surface area contributed by atoms with Crippen molar-refractivity contribution in [1.82, 2.24) is 5.32 Å². The summed E-state index contributed by atoms with van der Waals surface area (Å²) >= 11 is 5.87. The average Bonchev–Trinajstić information content (AvgIpc) is 2.75. The van der Waals surface area contributed by atoms with Crippen molar-refractivity contribution in [3.8, 4) is 0 Å². The number of carbonyl (C=O) groups is 1. The van der Waals surface area contributed by atoms with Gasteiger partial charge in [0.15, 0.2) is 0 Å². The van der Waals surface area contributed by atoms with Crippen molar-refractivity contribution in [3.05, 3.63) is 28.8 Å². The molecule has 5 heteroatoms. The van der Waals surface area contributed by atoms with Gasteiger partial charge >= 0.3 is 0 Å². The molecule has 2 rings (SSSR count). The number of halogens is 1. The second-order valence-electron chi connectivity index (χ2n) is 4.73. The Labute approximate surface area is 111 Å². The number of nitrogens with one attached hydrogen (secondary N) is 1. The summed E-state index contributed by atoms with van der Waals surface area (Å²) in [5.41, 5.74) is 6.59. The highest BCUT2D eigenvalue weighted by Crippen LogP contribution is 2.25. The summed E-state index contributed by atoms with van der Waals surface area (Å²) in [5, 5.41) is 12.6. The fraction of sp³-hybridized carbons (Fsp3) is 0.462. The Morgan fingerprint density at radius 1 is 1.44 bits per heavy atom. The molecule has 0 bridgehead atoms. The zero-order valence-corrected chi connectivity index (χ0v) is 10.8. The van der Waals surface area contributed by atoms with Gasteiger partial charge < -0.3 is 16.2 Å². The normalized spacial score (nSPS) is 23.0. The molecule has 0 spiro atoms. The number of amides is 1. The lowest BCUT2D eigenvalue weighted by Crippen LogP contribution is -2.38. The Hall–Kier alpha value is -1.26. The van der Waals surface area contributed by atoms with E-state index in [1.807, 2.05) is 0 Å². The molecule has 1 aliphatic carbocycles. The first kappa shape index (κ1) is 13.2. The number of nitrogen functional groups attached to an aromatic ring is 1. The topological polar surface area (TPSA) is 75.4 Å². The van der Waals surface area contributed by atoms with Crippen LogP contribution in [0.15, 0.2) is 18.2 Å². The van der Waals surface area contributed by atoms with Crippen LogP contribution in [0.1, 0.15) is 29.6 Å². The van der Waals surface area contributed by atoms with E-state index in [-0.39, 0.29) is 24.5 Å². The third-order valence-electron chi connectivity index (χ3n) is 3.39. The summed E-state index contributed by atoms with van der Waals surface area (Å²) in [5.74, 6) is -0.0277. The molecular formula is C13H17ClN2O2. The summed E-state index contributed by atoms with van der Waals surface area (Å²) in [4.78, 5) is 12.1. The van der Waals surface area contributed by atoms with E-state index in [1.54, 1.807) is 18.2 Å². The molecule has 0 radical (unpaired) electrons. The lowest BCUT2D eigenvalue weighted by molar-refractivity contribution is 0.0916. The van der Waals surface area contributed by atoms with E-state index in [9.17, 15) is 9.90 Å². The number of carbonyl (C=O) groups excluding carboxylic acids is 1. The number of nitrogens with two attached hydrogens (primary N) is 1. The largest absolute Gasteiger partial charge is 0.399 e. The van der Waals surface area contributed by atoms with E-state index in [4.69, 9.17) is 17.3 Å². The van der Waals surface area contributed by atoms with Gasteiger partial charge in [-0.15, -0.1) is 0 Å². The Morgan fingerprint density at radius 3 is 2.89 bits per heavy atom. The molecule has 0 saturated heterocycles. The molecule has 2 atom stereocenters. The smallest absolute Gasteiger partial charge is 0.251 e. The molecule has 0 aromatic heterocycles. The highest BCUT2D eigenvalue weighted by atomic mass is 35.5. The molecular weight excluding hydrogens is 252 g/mol. The predicted molar refractivity (Wildman–Crippen MR) is 71.5 cm³/mol. The molecule has 1 aromatic rings. The van der Waals surface area contributed by atoms with Crippen molar-refractivity contribution in [2.75, 3.05) is 12.3 Å². The van der Waals surface area contributed by atoms with Crippen molar-refractivity contribution >= 4 is 23.2 Å². The first-order valence-electron chi connectivity index (χ1n) is 6.08. The van der Waals surface area contributed by atoms with Crippen molar-refractivity contribution < 1.29 is 9.90 Å². The quantitative estimate of drug-likeness (QED) is 0.732. The number of aliphatic hydroxyl groups excluding tert-OH is 1. The van der Waals surface area contributed by atoms with Gasteiger partial charge in [0, 0.05) is 34.8 Å². The monoisotopic (exact) mass is 268 g/mol. The first-order chi connectivity index (χ1) is 8.60.